The highest BCUT2D eigenvalue weighted by molar-refractivity contribution is 7.47. The van der Waals surface area contributed by atoms with Crippen molar-refractivity contribution in [3.8, 4) is 0 Å². The second kappa shape index (κ2) is 63.1. The van der Waals surface area contributed by atoms with Crippen molar-refractivity contribution in [3.63, 3.8) is 0 Å². The lowest BCUT2D eigenvalue weighted by molar-refractivity contribution is -0.161. The van der Waals surface area contributed by atoms with Gasteiger partial charge in [-0.3, -0.25) is 37.3 Å². The molecular weight excluding hydrogens is 1190 g/mol. The lowest BCUT2D eigenvalue weighted by atomic mass is 10.00. The van der Waals surface area contributed by atoms with Crippen molar-refractivity contribution in [2.75, 3.05) is 39.6 Å². The van der Waals surface area contributed by atoms with Gasteiger partial charge < -0.3 is 33.8 Å². The fourth-order valence-electron chi connectivity index (χ4n) is 10.7. The zero-order valence-electron chi connectivity index (χ0n) is 58.4. The molecule has 0 aliphatic heterocycles. The summed E-state index contributed by atoms with van der Waals surface area (Å²) in [5.41, 5.74) is 0. The van der Waals surface area contributed by atoms with E-state index in [1.807, 2.05) is 0 Å². The molecule has 17 nitrogen and oxygen atoms in total. The predicted molar refractivity (Wildman–Crippen MR) is 363 cm³/mol. The molecule has 0 aromatic rings. The number of carbonyl (C=O) groups excluding carboxylic acids is 4. The number of phosphoric acid groups is 2. The van der Waals surface area contributed by atoms with Gasteiger partial charge in [0.25, 0.3) is 0 Å². The zero-order chi connectivity index (χ0) is 66.5. The molecule has 0 aliphatic carbocycles. The van der Waals surface area contributed by atoms with Crippen molar-refractivity contribution in [3.05, 3.63) is 0 Å². The third-order valence-electron chi connectivity index (χ3n) is 16.8. The number of unbranched alkanes of at least 4 members (excludes halogenated alkanes) is 39. The van der Waals surface area contributed by atoms with Crippen LogP contribution in [0.3, 0.4) is 0 Å². The molecule has 0 spiro atoms. The van der Waals surface area contributed by atoms with Crippen molar-refractivity contribution in [2.45, 2.75) is 381 Å². The van der Waals surface area contributed by atoms with Gasteiger partial charge in [0.05, 0.1) is 26.4 Å². The molecule has 6 atom stereocenters. The summed E-state index contributed by atoms with van der Waals surface area (Å²) in [7, 11) is -9.90. The van der Waals surface area contributed by atoms with Crippen LogP contribution in [0.25, 0.3) is 0 Å². The van der Waals surface area contributed by atoms with Crippen LogP contribution < -0.4 is 0 Å². The molecule has 90 heavy (non-hydrogen) atoms. The van der Waals surface area contributed by atoms with E-state index in [4.69, 9.17) is 37.0 Å². The number of aliphatic hydroxyl groups excluding tert-OH is 1. The predicted octanol–water partition coefficient (Wildman–Crippen LogP) is 20.4. The summed E-state index contributed by atoms with van der Waals surface area (Å²) in [5.74, 6) is -0.728. The van der Waals surface area contributed by atoms with Gasteiger partial charge >= 0.3 is 39.5 Å². The highest BCUT2D eigenvalue weighted by atomic mass is 31.2. The average Bonchev–Trinajstić information content (AvgIpc) is 3.31. The quantitative estimate of drug-likeness (QED) is 0.0222. The third kappa shape index (κ3) is 63.5. The molecular formula is C71H138O17P2. The van der Waals surface area contributed by atoms with Crippen LogP contribution in [0.2, 0.25) is 0 Å². The maximum Gasteiger partial charge on any atom is 0.472 e. The van der Waals surface area contributed by atoms with E-state index in [0.717, 1.165) is 102 Å². The Bertz CT molecular complexity index is 1750. The van der Waals surface area contributed by atoms with E-state index >= 15 is 0 Å². The minimum absolute atomic E-state index is 0.102. The van der Waals surface area contributed by atoms with E-state index in [1.165, 1.54) is 173 Å². The van der Waals surface area contributed by atoms with Crippen LogP contribution in [0.4, 0.5) is 0 Å². The Labute approximate surface area is 549 Å². The first kappa shape index (κ1) is 88.1. The van der Waals surface area contributed by atoms with E-state index in [-0.39, 0.29) is 25.7 Å². The first-order chi connectivity index (χ1) is 43.4. The lowest BCUT2D eigenvalue weighted by Gasteiger charge is -2.21. The van der Waals surface area contributed by atoms with Gasteiger partial charge in [-0.15, -0.1) is 0 Å². The van der Waals surface area contributed by atoms with Gasteiger partial charge in [-0.25, -0.2) is 9.13 Å². The highest BCUT2D eigenvalue weighted by Crippen LogP contribution is 2.45. The van der Waals surface area contributed by atoms with E-state index < -0.39 is 97.5 Å². The van der Waals surface area contributed by atoms with Crippen LogP contribution in [0.1, 0.15) is 363 Å². The zero-order valence-corrected chi connectivity index (χ0v) is 60.2. The van der Waals surface area contributed by atoms with Crippen molar-refractivity contribution >= 4 is 39.5 Å². The highest BCUT2D eigenvalue weighted by Gasteiger charge is 2.30. The molecule has 0 saturated heterocycles. The molecule has 0 rings (SSSR count). The topological polar surface area (TPSA) is 237 Å². The fourth-order valence-corrected chi connectivity index (χ4v) is 12.3. The van der Waals surface area contributed by atoms with Crippen molar-refractivity contribution in [1.29, 1.82) is 0 Å². The van der Waals surface area contributed by atoms with E-state index in [0.29, 0.717) is 31.6 Å². The van der Waals surface area contributed by atoms with Gasteiger partial charge in [0.1, 0.15) is 19.3 Å². The van der Waals surface area contributed by atoms with Gasteiger partial charge in [0.15, 0.2) is 12.2 Å². The lowest BCUT2D eigenvalue weighted by Crippen LogP contribution is -2.30. The number of aliphatic hydroxyl groups is 1. The largest absolute Gasteiger partial charge is 0.472 e. The summed E-state index contributed by atoms with van der Waals surface area (Å²) in [6.45, 7) is 9.42. The molecule has 0 radical (unpaired) electrons. The number of phosphoric ester groups is 2. The molecule has 3 unspecified atom stereocenters. The summed E-state index contributed by atoms with van der Waals surface area (Å²) < 4.78 is 68.2. The SMILES string of the molecule is CCCCCCCCCCCCCCCCCCCCCC(=O)O[C@H](COC(=O)CCCCCCCCCCCCCC)COP(=O)(O)OC[C@@H](O)COP(=O)(O)OC[C@@H](COC(=O)CCCCCCCCC(C)C)OC(=O)CCCCCCCCC(C)CC. The van der Waals surface area contributed by atoms with Crippen LogP contribution >= 0.6 is 15.6 Å². The average molecular weight is 1330 g/mol. The Kier molecular flexibility index (Phi) is 61.8. The Hall–Kier alpha value is -1.94. The number of rotatable bonds is 70. The molecule has 0 aromatic heterocycles. The Morgan fingerprint density at radius 1 is 0.322 bits per heavy atom. The van der Waals surface area contributed by atoms with Crippen LogP contribution in [0.5, 0.6) is 0 Å². The van der Waals surface area contributed by atoms with Crippen molar-refractivity contribution < 1.29 is 80.2 Å². The van der Waals surface area contributed by atoms with Crippen LogP contribution in [-0.2, 0) is 65.4 Å². The van der Waals surface area contributed by atoms with Crippen LogP contribution in [0, 0.1) is 11.8 Å². The van der Waals surface area contributed by atoms with E-state index in [1.54, 1.807) is 0 Å². The summed E-state index contributed by atoms with van der Waals surface area (Å²) in [6, 6.07) is 0. The maximum absolute atomic E-state index is 13.0. The summed E-state index contributed by atoms with van der Waals surface area (Å²) >= 11 is 0. The number of ether oxygens (including phenoxy) is 4. The fraction of sp³-hybridized carbons (Fsp3) is 0.944. The van der Waals surface area contributed by atoms with Crippen molar-refractivity contribution in [2.24, 2.45) is 11.8 Å². The minimum Gasteiger partial charge on any atom is -0.462 e. The first-order valence-electron chi connectivity index (χ1n) is 37.0. The molecule has 0 aliphatic rings. The van der Waals surface area contributed by atoms with Gasteiger partial charge in [0.2, 0.25) is 0 Å². The molecule has 0 aromatic carbocycles. The van der Waals surface area contributed by atoms with Gasteiger partial charge in [0, 0.05) is 25.7 Å². The molecule has 0 heterocycles. The van der Waals surface area contributed by atoms with E-state index in [2.05, 4.69) is 41.5 Å². The minimum atomic E-state index is -4.95. The Morgan fingerprint density at radius 3 is 0.844 bits per heavy atom. The molecule has 19 heteroatoms. The molecule has 0 saturated carbocycles. The van der Waals surface area contributed by atoms with Gasteiger partial charge in [-0.05, 0) is 37.5 Å². The van der Waals surface area contributed by atoms with E-state index in [9.17, 15) is 43.2 Å². The summed E-state index contributed by atoms with van der Waals surface area (Å²) in [4.78, 5) is 72.5. The standard InChI is InChI=1S/C71H138O17P2/c1-7-10-12-14-16-18-20-22-23-24-25-26-27-28-30-32-34-43-49-55-70(75)87-66(59-81-68(73)53-47-41-33-31-29-21-19-17-15-13-11-8-2)61-85-89(77,78)83-57-65(72)58-84-90(79,80)86-62-67(60-82-69(74)54-48-42-37-35-39-45-51-63(4)5)88-71(76)56-50-44-38-36-40-46-52-64(6)9-3/h63-67,72H,7-62H2,1-6H3,(H,77,78)(H,79,80)/t64?,65-,66-,67-/m1/s1. The monoisotopic (exact) mass is 1320 g/mol. The Morgan fingerprint density at radius 2 is 0.567 bits per heavy atom. The van der Waals surface area contributed by atoms with Gasteiger partial charge in [-0.1, -0.05) is 311 Å². The number of carbonyl (C=O) groups is 4. The second-order valence-electron chi connectivity index (χ2n) is 26.3. The smallest absolute Gasteiger partial charge is 0.462 e. The molecule has 0 amide bonds. The third-order valence-corrected chi connectivity index (χ3v) is 18.7. The number of hydrogen-bond donors (Lipinski definition) is 3. The number of hydrogen-bond acceptors (Lipinski definition) is 15. The number of esters is 4. The van der Waals surface area contributed by atoms with Crippen LogP contribution in [-0.4, -0.2) is 96.7 Å². The molecule has 0 fully saturated rings. The van der Waals surface area contributed by atoms with Crippen LogP contribution in [0.15, 0.2) is 0 Å². The second-order valence-corrected chi connectivity index (χ2v) is 29.3. The molecule has 3 N–H and O–H groups in total. The first-order valence-corrected chi connectivity index (χ1v) is 40.0. The molecule has 0 bridgehead atoms. The normalized spacial score (nSPS) is 14.4. The summed E-state index contributed by atoms with van der Waals surface area (Å²) in [5, 5.41) is 10.6. The maximum atomic E-state index is 13.0. The summed E-state index contributed by atoms with van der Waals surface area (Å²) in [6.07, 6.45) is 48.8. The Balaban J connectivity index is 5.20. The van der Waals surface area contributed by atoms with Crippen molar-refractivity contribution in [1.82, 2.24) is 0 Å². The van der Waals surface area contributed by atoms with Gasteiger partial charge in [-0.2, -0.15) is 0 Å². The molecule has 534 valence electrons.